The molecule has 0 atom stereocenters. The van der Waals surface area contributed by atoms with Crippen LogP contribution in [-0.2, 0) is 10.9 Å². The molecule has 0 bridgehead atoms. The second-order valence-corrected chi connectivity index (χ2v) is 3.32. The fourth-order valence-corrected chi connectivity index (χ4v) is 1.39. The SMILES string of the molecule is COC(=O)c1cc(C)c(C#N)c(C(F)(F)F)c1. The molecule has 1 aromatic rings. The number of rotatable bonds is 1. The first-order valence-electron chi connectivity index (χ1n) is 4.51. The van der Waals surface area contributed by atoms with E-state index in [1.165, 1.54) is 19.1 Å². The van der Waals surface area contributed by atoms with Crippen molar-refractivity contribution in [2.75, 3.05) is 7.11 Å². The lowest BCUT2D eigenvalue weighted by atomic mass is 9.99. The molecule has 1 aromatic carbocycles. The van der Waals surface area contributed by atoms with Gasteiger partial charge in [-0.2, -0.15) is 18.4 Å². The molecular weight excluding hydrogens is 235 g/mol. The van der Waals surface area contributed by atoms with Gasteiger partial charge in [-0.1, -0.05) is 0 Å². The van der Waals surface area contributed by atoms with Crippen LogP contribution in [0.25, 0.3) is 0 Å². The van der Waals surface area contributed by atoms with Gasteiger partial charge < -0.3 is 4.74 Å². The first-order valence-corrected chi connectivity index (χ1v) is 4.51. The Balaban J connectivity index is 3.52. The molecule has 0 aliphatic carbocycles. The monoisotopic (exact) mass is 243 g/mol. The van der Waals surface area contributed by atoms with Crippen molar-refractivity contribution in [3.8, 4) is 6.07 Å². The lowest BCUT2D eigenvalue weighted by molar-refractivity contribution is -0.137. The predicted octanol–water partition coefficient (Wildman–Crippen LogP) is 2.67. The lowest BCUT2D eigenvalue weighted by Crippen LogP contribution is -2.12. The van der Waals surface area contributed by atoms with Crippen LogP contribution in [0.4, 0.5) is 13.2 Å². The summed E-state index contributed by atoms with van der Waals surface area (Å²) in [5.41, 5.74) is -1.75. The van der Waals surface area contributed by atoms with Crippen LogP contribution < -0.4 is 0 Å². The van der Waals surface area contributed by atoms with Crippen LogP contribution in [0.3, 0.4) is 0 Å². The quantitative estimate of drug-likeness (QED) is 0.712. The highest BCUT2D eigenvalue weighted by Gasteiger charge is 2.35. The van der Waals surface area contributed by atoms with E-state index >= 15 is 0 Å². The van der Waals surface area contributed by atoms with Crippen molar-refractivity contribution in [1.29, 1.82) is 5.26 Å². The molecule has 17 heavy (non-hydrogen) atoms. The maximum Gasteiger partial charge on any atom is 0.417 e. The highest BCUT2D eigenvalue weighted by atomic mass is 19.4. The first-order chi connectivity index (χ1) is 7.81. The Morgan fingerprint density at radius 1 is 1.41 bits per heavy atom. The van der Waals surface area contributed by atoms with Crippen molar-refractivity contribution in [2.24, 2.45) is 0 Å². The number of nitrogens with zero attached hydrogens (tertiary/aromatic N) is 1. The van der Waals surface area contributed by atoms with Gasteiger partial charge in [0.25, 0.3) is 0 Å². The average Bonchev–Trinajstić information content (AvgIpc) is 2.25. The van der Waals surface area contributed by atoms with Crippen LogP contribution in [-0.4, -0.2) is 13.1 Å². The molecule has 1 rings (SSSR count). The third-order valence-electron chi connectivity index (χ3n) is 2.17. The van der Waals surface area contributed by atoms with Crippen LogP contribution in [0.1, 0.15) is 27.0 Å². The number of methoxy groups -OCH3 is 1. The zero-order valence-electron chi connectivity index (χ0n) is 9.05. The van der Waals surface area contributed by atoms with Crippen molar-refractivity contribution in [3.05, 3.63) is 34.4 Å². The summed E-state index contributed by atoms with van der Waals surface area (Å²) in [6.07, 6.45) is -4.68. The number of hydrogen-bond donors (Lipinski definition) is 0. The van der Waals surface area contributed by atoms with Crippen LogP contribution in [0.5, 0.6) is 0 Å². The summed E-state index contributed by atoms with van der Waals surface area (Å²) in [4.78, 5) is 11.2. The highest BCUT2D eigenvalue weighted by molar-refractivity contribution is 5.90. The molecular formula is C11H8F3NO2. The number of aryl methyl sites for hydroxylation is 1. The van der Waals surface area contributed by atoms with E-state index in [-0.39, 0.29) is 11.1 Å². The Bertz CT molecular complexity index is 501. The second-order valence-electron chi connectivity index (χ2n) is 3.32. The van der Waals surface area contributed by atoms with Crippen molar-refractivity contribution >= 4 is 5.97 Å². The fourth-order valence-electron chi connectivity index (χ4n) is 1.39. The van der Waals surface area contributed by atoms with Crippen LogP contribution in [0.2, 0.25) is 0 Å². The Morgan fingerprint density at radius 2 is 2.00 bits per heavy atom. The molecule has 90 valence electrons. The predicted molar refractivity (Wildman–Crippen MR) is 52.2 cm³/mol. The van der Waals surface area contributed by atoms with E-state index < -0.39 is 23.3 Å². The van der Waals surface area contributed by atoms with Crippen molar-refractivity contribution in [2.45, 2.75) is 13.1 Å². The van der Waals surface area contributed by atoms with E-state index in [9.17, 15) is 18.0 Å². The molecule has 0 aromatic heterocycles. The number of carbonyl (C=O) groups excluding carboxylic acids is 1. The zero-order chi connectivity index (χ0) is 13.2. The molecule has 0 unspecified atom stereocenters. The number of nitriles is 1. The molecule has 0 heterocycles. The van der Waals surface area contributed by atoms with Gasteiger partial charge in [0, 0.05) is 0 Å². The molecule has 0 saturated heterocycles. The third-order valence-corrected chi connectivity index (χ3v) is 2.17. The molecule has 0 aliphatic rings. The Kier molecular flexibility index (Phi) is 3.42. The number of ether oxygens (including phenoxy) is 1. The summed E-state index contributed by atoms with van der Waals surface area (Å²) in [6.45, 7) is 1.33. The normalized spacial score (nSPS) is 10.8. The number of hydrogen-bond acceptors (Lipinski definition) is 3. The van der Waals surface area contributed by atoms with Gasteiger partial charge in [-0.05, 0) is 24.6 Å². The Morgan fingerprint density at radius 3 is 2.41 bits per heavy atom. The minimum Gasteiger partial charge on any atom is -0.465 e. The van der Waals surface area contributed by atoms with E-state index in [2.05, 4.69) is 4.74 Å². The van der Waals surface area contributed by atoms with Gasteiger partial charge >= 0.3 is 12.1 Å². The standard InChI is InChI=1S/C11H8F3NO2/c1-6-3-7(10(16)17-2)4-9(8(6)5-15)11(12,13)14/h3-4H,1-2H3. The number of halogens is 3. The molecule has 0 radical (unpaired) electrons. The van der Waals surface area contributed by atoms with Gasteiger partial charge in [0.1, 0.15) is 6.07 Å². The molecule has 0 spiro atoms. The van der Waals surface area contributed by atoms with E-state index in [4.69, 9.17) is 5.26 Å². The minimum absolute atomic E-state index is 0.0859. The van der Waals surface area contributed by atoms with Gasteiger partial charge in [-0.25, -0.2) is 4.79 Å². The summed E-state index contributed by atoms with van der Waals surface area (Å²) in [7, 11) is 1.07. The van der Waals surface area contributed by atoms with Crippen molar-refractivity contribution in [1.82, 2.24) is 0 Å². The smallest absolute Gasteiger partial charge is 0.417 e. The summed E-state index contributed by atoms with van der Waals surface area (Å²) in [5, 5.41) is 8.68. The number of esters is 1. The zero-order valence-corrected chi connectivity index (χ0v) is 9.05. The van der Waals surface area contributed by atoms with Crippen LogP contribution in [0, 0.1) is 18.3 Å². The highest BCUT2D eigenvalue weighted by Crippen LogP contribution is 2.34. The van der Waals surface area contributed by atoms with Crippen molar-refractivity contribution in [3.63, 3.8) is 0 Å². The molecule has 0 fully saturated rings. The molecule has 3 nitrogen and oxygen atoms in total. The number of carbonyl (C=O) groups is 1. The minimum atomic E-state index is -4.68. The number of alkyl halides is 3. The van der Waals surface area contributed by atoms with Gasteiger partial charge in [0.2, 0.25) is 0 Å². The van der Waals surface area contributed by atoms with Crippen LogP contribution in [0.15, 0.2) is 12.1 Å². The molecule has 0 aliphatic heterocycles. The van der Waals surface area contributed by atoms with E-state index in [1.54, 1.807) is 0 Å². The second kappa shape index (κ2) is 4.45. The Hall–Kier alpha value is -2.03. The lowest BCUT2D eigenvalue weighted by Gasteiger charge is -2.12. The molecule has 0 N–H and O–H groups in total. The van der Waals surface area contributed by atoms with Gasteiger partial charge in [-0.15, -0.1) is 0 Å². The van der Waals surface area contributed by atoms with Crippen molar-refractivity contribution < 1.29 is 22.7 Å². The molecule has 6 heteroatoms. The summed E-state index contributed by atoms with van der Waals surface area (Å²) in [5.74, 6) is -0.872. The maximum atomic E-state index is 12.7. The van der Waals surface area contributed by atoms with Gasteiger partial charge in [0.05, 0.1) is 23.8 Å². The topological polar surface area (TPSA) is 50.1 Å². The fraction of sp³-hybridized carbons (Fsp3) is 0.273. The Labute approximate surface area is 95.4 Å². The van der Waals surface area contributed by atoms with E-state index in [0.29, 0.717) is 6.07 Å². The number of benzene rings is 1. The first kappa shape index (κ1) is 13.0. The summed E-state index contributed by atoms with van der Waals surface area (Å²) in [6, 6.07) is 3.30. The summed E-state index contributed by atoms with van der Waals surface area (Å²) >= 11 is 0. The maximum absolute atomic E-state index is 12.7. The third kappa shape index (κ3) is 2.56. The van der Waals surface area contributed by atoms with E-state index in [0.717, 1.165) is 7.11 Å². The molecule has 0 saturated carbocycles. The van der Waals surface area contributed by atoms with Crippen LogP contribution >= 0.6 is 0 Å². The largest absolute Gasteiger partial charge is 0.465 e. The summed E-state index contributed by atoms with van der Waals surface area (Å²) < 4.78 is 42.3. The van der Waals surface area contributed by atoms with E-state index in [1.807, 2.05) is 0 Å². The van der Waals surface area contributed by atoms with Gasteiger partial charge in [-0.3, -0.25) is 0 Å². The average molecular weight is 243 g/mol. The van der Waals surface area contributed by atoms with Gasteiger partial charge in [0.15, 0.2) is 0 Å². The molecule has 0 amide bonds.